The van der Waals surface area contributed by atoms with Crippen molar-refractivity contribution in [1.29, 1.82) is 0 Å². The van der Waals surface area contributed by atoms with Crippen LogP contribution in [-0.4, -0.2) is 11.3 Å². The SMILES string of the molecule is O=[13C]([O-])O.[K+]. The van der Waals surface area contributed by atoms with Crippen molar-refractivity contribution in [3.05, 3.63) is 0 Å². The maximum Gasteiger partial charge on any atom is 1.00 e. The zero-order valence-corrected chi connectivity index (χ0v) is 5.89. The van der Waals surface area contributed by atoms with E-state index in [1.165, 1.54) is 0 Å². The summed E-state index contributed by atoms with van der Waals surface area (Å²) in [5.41, 5.74) is 0. The number of hydrogen-bond donors (Lipinski definition) is 1. The Morgan fingerprint density at radius 2 is 1.80 bits per heavy atom. The first-order valence-corrected chi connectivity index (χ1v) is 0.632. The summed E-state index contributed by atoms with van der Waals surface area (Å²) in [4.78, 5) is 8.44. The Balaban J connectivity index is 0. The molecule has 5 heavy (non-hydrogen) atoms. The van der Waals surface area contributed by atoms with E-state index in [1.54, 1.807) is 0 Å². The summed E-state index contributed by atoms with van der Waals surface area (Å²) in [7, 11) is 0. The first kappa shape index (κ1) is 9.32. The summed E-state index contributed by atoms with van der Waals surface area (Å²) >= 11 is 0. The topological polar surface area (TPSA) is 60.4 Å². The minimum atomic E-state index is -2.08. The molecule has 0 aromatic carbocycles. The summed E-state index contributed by atoms with van der Waals surface area (Å²) in [6, 6.07) is 0. The van der Waals surface area contributed by atoms with Crippen LogP contribution in [0.1, 0.15) is 0 Å². The quantitative estimate of drug-likeness (QED) is 0.249. The molecule has 0 saturated carbocycles. The van der Waals surface area contributed by atoms with Crippen LogP contribution in [0.5, 0.6) is 0 Å². The van der Waals surface area contributed by atoms with Crippen LogP contribution in [0.3, 0.4) is 0 Å². The average molecular weight is 101 g/mol. The summed E-state index contributed by atoms with van der Waals surface area (Å²) < 4.78 is 0. The molecule has 0 saturated heterocycles. The molecule has 0 aromatic heterocycles. The van der Waals surface area contributed by atoms with Crippen LogP contribution in [0, 0.1) is 0 Å². The van der Waals surface area contributed by atoms with E-state index in [1.807, 2.05) is 0 Å². The Morgan fingerprint density at radius 1 is 1.80 bits per heavy atom. The van der Waals surface area contributed by atoms with Gasteiger partial charge in [0.15, 0.2) is 0 Å². The summed E-state index contributed by atoms with van der Waals surface area (Å²) in [5.74, 6) is 0. The van der Waals surface area contributed by atoms with Gasteiger partial charge in [0.1, 0.15) is 0 Å². The zero-order chi connectivity index (χ0) is 3.58. The summed E-state index contributed by atoms with van der Waals surface area (Å²) in [6.07, 6.45) is -2.08. The Hall–Kier alpha value is 0.906. The Labute approximate surface area is 71.4 Å². The van der Waals surface area contributed by atoms with Crippen LogP contribution >= 0.6 is 0 Å². The molecule has 0 amide bonds. The Morgan fingerprint density at radius 3 is 1.80 bits per heavy atom. The van der Waals surface area contributed by atoms with Crippen molar-refractivity contribution in [2.24, 2.45) is 0 Å². The second-order valence-corrected chi connectivity index (χ2v) is 0.266. The van der Waals surface area contributed by atoms with E-state index in [4.69, 9.17) is 15.0 Å². The van der Waals surface area contributed by atoms with Crippen molar-refractivity contribution in [1.82, 2.24) is 0 Å². The largest absolute Gasteiger partial charge is 1.00 e. The molecule has 0 aliphatic rings. The molecule has 0 fully saturated rings. The fraction of sp³-hybridized carbons (Fsp3) is 0. The third-order valence-corrected chi connectivity index (χ3v) is 0. The van der Waals surface area contributed by atoms with E-state index in [0.717, 1.165) is 0 Å². The fourth-order valence-corrected chi connectivity index (χ4v) is 0. The predicted octanol–water partition coefficient (Wildman–Crippen LogP) is -4.11. The molecular formula is CHKO3. The number of rotatable bonds is 0. The summed E-state index contributed by atoms with van der Waals surface area (Å²) in [6.45, 7) is 0. The van der Waals surface area contributed by atoms with Gasteiger partial charge in [-0.05, 0) is 0 Å². The van der Waals surface area contributed by atoms with Crippen LogP contribution in [0.25, 0.3) is 0 Å². The molecule has 0 heterocycles. The van der Waals surface area contributed by atoms with Crippen LogP contribution in [0.4, 0.5) is 4.79 Å². The van der Waals surface area contributed by atoms with E-state index < -0.39 is 6.16 Å². The van der Waals surface area contributed by atoms with Crippen molar-refractivity contribution in [2.75, 3.05) is 0 Å². The monoisotopic (exact) mass is 101 g/mol. The molecule has 0 spiro atoms. The van der Waals surface area contributed by atoms with Gasteiger partial charge < -0.3 is 15.0 Å². The third-order valence-electron chi connectivity index (χ3n) is 0. The molecule has 0 aromatic rings. The second kappa shape index (κ2) is 4.91. The molecular weight excluding hydrogens is 100 g/mol. The van der Waals surface area contributed by atoms with Gasteiger partial charge in [-0.15, -0.1) is 0 Å². The van der Waals surface area contributed by atoms with Crippen molar-refractivity contribution in [3.8, 4) is 0 Å². The molecule has 0 atom stereocenters. The molecule has 0 rings (SSSR count). The molecule has 0 aliphatic heterocycles. The van der Waals surface area contributed by atoms with Gasteiger partial charge in [0.2, 0.25) is 6.16 Å². The first-order chi connectivity index (χ1) is 1.73. The minimum absolute atomic E-state index is 0. The van der Waals surface area contributed by atoms with Crippen molar-refractivity contribution in [2.45, 2.75) is 0 Å². The molecule has 0 aliphatic carbocycles. The normalized spacial score (nSPS) is 4.80. The predicted molar refractivity (Wildman–Crippen MR) is 8.02 cm³/mol. The minimum Gasteiger partial charge on any atom is -0.565 e. The molecule has 4 heteroatoms. The smallest absolute Gasteiger partial charge is 0.565 e. The molecule has 3 nitrogen and oxygen atoms in total. The van der Waals surface area contributed by atoms with E-state index in [2.05, 4.69) is 0 Å². The van der Waals surface area contributed by atoms with E-state index in [9.17, 15) is 0 Å². The third kappa shape index (κ3) is 50.4. The van der Waals surface area contributed by atoms with Crippen LogP contribution in [0.2, 0.25) is 0 Å². The Kier molecular flexibility index (Phi) is 9.14. The van der Waals surface area contributed by atoms with Gasteiger partial charge >= 0.3 is 51.4 Å². The standard InChI is InChI=1S/CH2O3.K/c2-1(3)4;/h(H2,2,3,4);/q;+1/p-1/i1+1;. The van der Waals surface area contributed by atoms with E-state index in [0.29, 0.717) is 0 Å². The maximum atomic E-state index is 8.44. The first-order valence-electron chi connectivity index (χ1n) is 0.632. The van der Waals surface area contributed by atoms with Crippen molar-refractivity contribution < 1.29 is 66.4 Å². The van der Waals surface area contributed by atoms with Gasteiger partial charge in [-0.3, -0.25) is 0 Å². The van der Waals surface area contributed by atoms with E-state index in [-0.39, 0.29) is 51.4 Å². The summed E-state index contributed by atoms with van der Waals surface area (Å²) in [5, 5.41) is 15.3. The number of hydrogen-bond acceptors (Lipinski definition) is 2. The van der Waals surface area contributed by atoms with Crippen LogP contribution < -0.4 is 56.5 Å². The van der Waals surface area contributed by atoms with E-state index >= 15 is 0 Å². The molecule has 0 bridgehead atoms. The van der Waals surface area contributed by atoms with Gasteiger partial charge in [-0.1, -0.05) is 0 Å². The van der Waals surface area contributed by atoms with Gasteiger partial charge in [0.05, 0.1) is 0 Å². The fourth-order valence-electron chi connectivity index (χ4n) is 0. The molecule has 24 valence electrons. The van der Waals surface area contributed by atoms with Gasteiger partial charge in [0.25, 0.3) is 0 Å². The zero-order valence-electron chi connectivity index (χ0n) is 2.76. The average Bonchev–Trinajstić information content (AvgIpc) is 0.811. The molecule has 0 radical (unpaired) electrons. The van der Waals surface area contributed by atoms with Crippen LogP contribution in [-0.2, 0) is 0 Å². The number of carbonyl (C=O) groups is 1. The molecule has 1 N–H and O–H groups in total. The Bertz CT molecular complexity index is 29.9. The van der Waals surface area contributed by atoms with Crippen molar-refractivity contribution in [3.63, 3.8) is 0 Å². The number of carboxylic acid groups (broad SMARTS) is 2. The second-order valence-electron chi connectivity index (χ2n) is 0.266. The molecule has 0 unspecified atom stereocenters. The maximum absolute atomic E-state index is 8.44. The van der Waals surface area contributed by atoms with Gasteiger partial charge in [-0.2, -0.15) is 0 Å². The van der Waals surface area contributed by atoms with Gasteiger partial charge in [-0.25, -0.2) is 0 Å². The van der Waals surface area contributed by atoms with Crippen molar-refractivity contribution >= 4 is 6.16 Å². The van der Waals surface area contributed by atoms with Crippen LogP contribution in [0.15, 0.2) is 0 Å². The van der Waals surface area contributed by atoms with Gasteiger partial charge in [0, 0.05) is 0 Å².